The van der Waals surface area contributed by atoms with Crippen molar-refractivity contribution in [3.63, 3.8) is 0 Å². The Balaban J connectivity index is 1.69. The molecule has 0 atom stereocenters. The molecule has 1 aromatic carbocycles. The molecule has 0 heterocycles. The van der Waals surface area contributed by atoms with Crippen LogP contribution in [-0.4, -0.2) is 24.7 Å². The van der Waals surface area contributed by atoms with Crippen LogP contribution in [0.4, 0.5) is 0 Å². The lowest BCUT2D eigenvalue weighted by molar-refractivity contribution is -0.144. The number of hydrogen-bond donors (Lipinski definition) is 1. The van der Waals surface area contributed by atoms with Gasteiger partial charge in [0, 0.05) is 5.54 Å². The Morgan fingerprint density at radius 1 is 1.29 bits per heavy atom. The second-order valence-electron chi connectivity index (χ2n) is 6.69. The molecule has 0 bridgehead atoms. The summed E-state index contributed by atoms with van der Waals surface area (Å²) in [7, 11) is 0. The van der Waals surface area contributed by atoms with Gasteiger partial charge in [-0.15, -0.1) is 0 Å². The van der Waals surface area contributed by atoms with Gasteiger partial charge in [-0.05, 0) is 57.6 Å². The van der Waals surface area contributed by atoms with Crippen LogP contribution in [0.15, 0.2) is 30.3 Å². The molecular formula is C18H27NO2. The minimum absolute atomic E-state index is 0.120. The standard InChI is InChI=1S/C18H27NO2/c1-4-21-17(20)12-18(2,3)19-13-14-10-16(11-14)15-8-6-5-7-9-15/h5-9,14,16,19H,4,10-13H2,1-3H3. The molecule has 116 valence electrons. The van der Waals surface area contributed by atoms with Gasteiger partial charge in [-0.1, -0.05) is 30.3 Å². The van der Waals surface area contributed by atoms with Gasteiger partial charge in [0.25, 0.3) is 0 Å². The number of rotatable bonds is 7. The molecule has 1 aromatic rings. The summed E-state index contributed by atoms with van der Waals surface area (Å²) in [5, 5.41) is 3.52. The van der Waals surface area contributed by atoms with Crippen molar-refractivity contribution in [2.75, 3.05) is 13.2 Å². The predicted molar refractivity (Wildman–Crippen MR) is 85.2 cm³/mol. The zero-order chi connectivity index (χ0) is 15.3. The molecule has 0 amide bonds. The maximum absolute atomic E-state index is 11.6. The Labute approximate surface area is 128 Å². The minimum atomic E-state index is -0.190. The molecule has 1 aliphatic rings. The summed E-state index contributed by atoms with van der Waals surface area (Å²) in [5.41, 5.74) is 1.27. The molecule has 1 aliphatic carbocycles. The van der Waals surface area contributed by atoms with Gasteiger partial charge in [0.15, 0.2) is 0 Å². The number of benzene rings is 1. The number of ether oxygens (including phenoxy) is 1. The smallest absolute Gasteiger partial charge is 0.307 e. The first-order valence-electron chi connectivity index (χ1n) is 7.96. The largest absolute Gasteiger partial charge is 0.466 e. The molecule has 0 radical (unpaired) electrons. The fourth-order valence-electron chi connectivity index (χ4n) is 2.96. The fraction of sp³-hybridized carbons (Fsp3) is 0.611. The summed E-state index contributed by atoms with van der Waals surface area (Å²) in [6, 6.07) is 10.7. The van der Waals surface area contributed by atoms with E-state index in [1.807, 2.05) is 6.92 Å². The van der Waals surface area contributed by atoms with Crippen molar-refractivity contribution < 1.29 is 9.53 Å². The van der Waals surface area contributed by atoms with Gasteiger partial charge in [-0.3, -0.25) is 4.79 Å². The van der Waals surface area contributed by atoms with Gasteiger partial charge < -0.3 is 10.1 Å². The highest BCUT2D eigenvalue weighted by Gasteiger charge is 2.31. The van der Waals surface area contributed by atoms with Crippen molar-refractivity contribution in [1.29, 1.82) is 0 Å². The van der Waals surface area contributed by atoms with E-state index < -0.39 is 0 Å². The van der Waals surface area contributed by atoms with Crippen molar-refractivity contribution in [2.45, 2.75) is 51.5 Å². The van der Waals surface area contributed by atoms with Gasteiger partial charge in [0.05, 0.1) is 13.0 Å². The third-order valence-electron chi connectivity index (χ3n) is 4.27. The Hall–Kier alpha value is -1.35. The maximum atomic E-state index is 11.6. The van der Waals surface area contributed by atoms with E-state index in [4.69, 9.17) is 4.74 Å². The van der Waals surface area contributed by atoms with Crippen molar-refractivity contribution >= 4 is 5.97 Å². The zero-order valence-corrected chi connectivity index (χ0v) is 13.4. The quantitative estimate of drug-likeness (QED) is 0.781. The second-order valence-corrected chi connectivity index (χ2v) is 6.69. The lowest BCUT2D eigenvalue weighted by atomic mass is 9.71. The lowest BCUT2D eigenvalue weighted by Crippen LogP contribution is -2.45. The molecule has 0 saturated heterocycles. The van der Waals surface area contributed by atoms with E-state index in [-0.39, 0.29) is 11.5 Å². The van der Waals surface area contributed by atoms with Gasteiger partial charge in [-0.25, -0.2) is 0 Å². The summed E-state index contributed by atoms with van der Waals surface area (Å²) >= 11 is 0. The van der Waals surface area contributed by atoms with E-state index in [9.17, 15) is 4.79 Å². The van der Waals surface area contributed by atoms with E-state index in [1.165, 1.54) is 18.4 Å². The first-order chi connectivity index (χ1) is 10.00. The van der Waals surface area contributed by atoms with Gasteiger partial charge in [-0.2, -0.15) is 0 Å². The Bertz CT molecular complexity index is 450. The molecule has 1 N–H and O–H groups in total. The van der Waals surface area contributed by atoms with Crippen LogP contribution in [0, 0.1) is 5.92 Å². The number of hydrogen-bond acceptors (Lipinski definition) is 3. The van der Waals surface area contributed by atoms with Crippen LogP contribution in [0.5, 0.6) is 0 Å². The highest BCUT2D eigenvalue weighted by atomic mass is 16.5. The molecule has 2 rings (SSSR count). The molecule has 1 saturated carbocycles. The Morgan fingerprint density at radius 2 is 1.95 bits per heavy atom. The fourth-order valence-corrected chi connectivity index (χ4v) is 2.96. The van der Waals surface area contributed by atoms with E-state index in [0.717, 1.165) is 12.5 Å². The topological polar surface area (TPSA) is 38.3 Å². The first kappa shape index (κ1) is 16.0. The summed E-state index contributed by atoms with van der Waals surface area (Å²) in [6.45, 7) is 7.41. The van der Waals surface area contributed by atoms with E-state index in [2.05, 4.69) is 49.5 Å². The monoisotopic (exact) mass is 289 g/mol. The van der Waals surface area contributed by atoms with Crippen LogP contribution in [0.25, 0.3) is 0 Å². The highest BCUT2D eigenvalue weighted by molar-refractivity contribution is 5.70. The SMILES string of the molecule is CCOC(=O)CC(C)(C)NCC1CC(c2ccccc2)C1. The van der Waals surface area contributed by atoms with Gasteiger partial charge in [0.2, 0.25) is 0 Å². The molecule has 0 aromatic heterocycles. The van der Waals surface area contributed by atoms with Crippen molar-refractivity contribution in [2.24, 2.45) is 5.92 Å². The third-order valence-corrected chi connectivity index (χ3v) is 4.27. The van der Waals surface area contributed by atoms with Crippen LogP contribution >= 0.6 is 0 Å². The summed E-state index contributed by atoms with van der Waals surface area (Å²) in [5.74, 6) is 1.31. The second kappa shape index (κ2) is 7.08. The van der Waals surface area contributed by atoms with Crippen molar-refractivity contribution in [3.05, 3.63) is 35.9 Å². The first-order valence-corrected chi connectivity index (χ1v) is 7.96. The molecule has 0 aliphatic heterocycles. The average molecular weight is 289 g/mol. The summed E-state index contributed by atoms with van der Waals surface area (Å²) in [4.78, 5) is 11.6. The van der Waals surface area contributed by atoms with Gasteiger partial charge in [0.1, 0.15) is 0 Å². The maximum Gasteiger partial charge on any atom is 0.307 e. The average Bonchev–Trinajstić information content (AvgIpc) is 2.37. The molecule has 0 unspecified atom stereocenters. The third kappa shape index (κ3) is 4.85. The molecule has 21 heavy (non-hydrogen) atoms. The lowest BCUT2D eigenvalue weighted by Gasteiger charge is -2.38. The number of carbonyl (C=O) groups is 1. The van der Waals surface area contributed by atoms with Crippen LogP contribution in [0.2, 0.25) is 0 Å². The van der Waals surface area contributed by atoms with Crippen molar-refractivity contribution in [3.8, 4) is 0 Å². The molecule has 1 fully saturated rings. The van der Waals surface area contributed by atoms with Crippen LogP contribution in [-0.2, 0) is 9.53 Å². The van der Waals surface area contributed by atoms with Crippen LogP contribution in [0.3, 0.4) is 0 Å². The van der Waals surface area contributed by atoms with Crippen LogP contribution < -0.4 is 5.32 Å². The highest BCUT2D eigenvalue weighted by Crippen LogP contribution is 2.41. The van der Waals surface area contributed by atoms with Crippen molar-refractivity contribution in [1.82, 2.24) is 5.32 Å². The zero-order valence-electron chi connectivity index (χ0n) is 13.4. The van der Waals surface area contributed by atoms with E-state index in [0.29, 0.717) is 18.9 Å². The molecule has 3 nitrogen and oxygen atoms in total. The van der Waals surface area contributed by atoms with E-state index >= 15 is 0 Å². The van der Waals surface area contributed by atoms with Gasteiger partial charge >= 0.3 is 5.97 Å². The summed E-state index contributed by atoms with van der Waals surface area (Å²) < 4.78 is 5.02. The predicted octanol–water partition coefficient (Wildman–Crippen LogP) is 3.50. The molecule has 3 heteroatoms. The molecular weight excluding hydrogens is 262 g/mol. The normalized spacial score (nSPS) is 21.7. The Kier molecular flexibility index (Phi) is 5.40. The summed E-state index contributed by atoms with van der Waals surface area (Å²) in [6.07, 6.45) is 2.91. The minimum Gasteiger partial charge on any atom is -0.466 e. The number of esters is 1. The number of carbonyl (C=O) groups excluding carboxylic acids is 1. The van der Waals surface area contributed by atoms with E-state index in [1.54, 1.807) is 0 Å². The molecule has 0 spiro atoms. The Morgan fingerprint density at radius 3 is 2.57 bits per heavy atom. The number of nitrogens with one attached hydrogen (secondary N) is 1. The van der Waals surface area contributed by atoms with Crippen LogP contribution in [0.1, 0.15) is 51.5 Å².